The third kappa shape index (κ3) is 3.16. The lowest BCUT2D eigenvalue weighted by atomic mass is 10.1. The molecule has 0 saturated carbocycles. The smallest absolute Gasteiger partial charge is 0.148 e. The molecular weight excluding hydrogens is 316 g/mol. The normalized spacial score (nSPS) is 18.1. The van der Waals surface area contributed by atoms with E-state index in [9.17, 15) is 0 Å². The van der Waals surface area contributed by atoms with Crippen LogP contribution >= 0.6 is 15.9 Å². The third-order valence-corrected chi connectivity index (χ3v) is 4.20. The first kappa shape index (κ1) is 13.5. The van der Waals surface area contributed by atoms with E-state index in [0.717, 1.165) is 34.6 Å². The molecule has 1 atom stereocenters. The molecular formula is C15H17BrN4. The monoisotopic (exact) mass is 332 g/mol. The van der Waals surface area contributed by atoms with Crippen LogP contribution in [0.25, 0.3) is 11.3 Å². The van der Waals surface area contributed by atoms with Gasteiger partial charge in [0, 0.05) is 22.6 Å². The molecule has 2 aromatic rings. The van der Waals surface area contributed by atoms with Crippen molar-refractivity contribution in [3.05, 3.63) is 40.9 Å². The van der Waals surface area contributed by atoms with Crippen LogP contribution in [0.3, 0.4) is 0 Å². The fraction of sp³-hybridized carbons (Fsp3) is 0.333. The zero-order chi connectivity index (χ0) is 13.8. The van der Waals surface area contributed by atoms with Gasteiger partial charge in [-0.05, 0) is 37.6 Å². The standard InChI is InChI=1S/C15H17BrN4/c16-13-6-2-1-5-12(13)14-7-8-15(20-19-14)18-10-11-4-3-9-17-11/h1-2,5-8,11,17H,3-4,9-10H2,(H,18,20). The summed E-state index contributed by atoms with van der Waals surface area (Å²) in [6, 6.07) is 12.6. The van der Waals surface area contributed by atoms with Gasteiger partial charge in [-0.15, -0.1) is 10.2 Å². The first-order chi connectivity index (χ1) is 9.83. The SMILES string of the molecule is Brc1ccccc1-c1ccc(NCC2CCCN2)nn1. The van der Waals surface area contributed by atoms with E-state index in [1.165, 1.54) is 12.8 Å². The molecule has 1 fully saturated rings. The van der Waals surface area contributed by atoms with Crippen molar-refractivity contribution in [2.45, 2.75) is 18.9 Å². The Morgan fingerprint density at radius 2 is 2.10 bits per heavy atom. The third-order valence-electron chi connectivity index (χ3n) is 3.51. The van der Waals surface area contributed by atoms with Gasteiger partial charge in [-0.1, -0.05) is 34.1 Å². The summed E-state index contributed by atoms with van der Waals surface area (Å²) in [6.07, 6.45) is 2.49. The van der Waals surface area contributed by atoms with Crippen molar-refractivity contribution >= 4 is 21.7 Å². The minimum Gasteiger partial charge on any atom is -0.367 e. The van der Waals surface area contributed by atoms with Crippen LogP contribution in [-0.4, -0.2) is 29.3 Å². The summed E-state index contributed by atoms with van der Waals surface area (Å²) in [4.78, 5) is 0. The van der Waals surface area contributed by atoms with Crippen LogP contribution in [0.15, 0.2) is 40.9 Å². The van der Waals surface area contributed by atoms with Gasteiger partial charge in [-0.3, -0.25) is 0 Å². The van der Waals surface area contributed by atoms with E-state index < -0.39 is 0 Å². The number of benzene rings is 1. The first-order valence-electron chi connectivity index (χ1n) is 6.89. The molecule has 0 radical (unpaired) electrons. The van der Waals surface area contributed by atoms with Crippen LogP contribution in [0.1, 0.15) is 12.8 Å². The van der Waals surface area contributed by atoms with Crippen LogP contribution in [0.2, 0.25) is 0 Å². The molecule has 5 heteroatoms. The molecule has 1 unspecified atom stereocenters. The van der Waals surface area contributed by atoms with Gasteiger partial charge >= 0.3 is 0 Å². The lowest BCUT2D eigenvalue weighted by Gasteiger charge is -2.11. The van der Waals surface area contributed by atoms with E-state index in [4.69, 9.17) is 0 Å². The van der Waals surface area contributed by atoms with Crippen molar-refractivity contribution in [3.8, 4) is 11.3 Å². The van der Waals surface area contributed by atoms with Gasteiger partial charge in [0.1, 0.15) is 5.82 Å². The summed E-state index contributed by atoms with van der Waals surface area (Å²) in [6.45, 7) is 2.03. The molecule has 1 aromatic heterocycles. The lowest BCUT2D eigenvalue weighted by Crippen LogP contribution is -2.29. The Kier molecular flexibility index (Phi) is 4.28. The van der Waals surface area contributed by atoms with Crippen LogP contribution in [0.4, 0.5) is 5.82 Å². The van der Waals surface area contributed by atoms with E-state index >= 15 is 0 Å². The molecule has 4 nitrogen and oxygen atoms in total. The van der Waals surface area contributed by atoms with Crippen molar-refractivity contribution in [2.24, 2.45) is 0 Å². The van der Waals surface area contributed by atoms with Gasteiger partial charge in [-0.2, -0.15) is 0 Å². The Hall–Kier alpha value is -1.46. The maximum absolute atomic E-state index is 4.29. The summed E-state index contributed by atoms with van der Waals surface area (Å²) in [5.74, 6) is 0.828. The predicted octanol–water partition coefficient (Wildman–Crippen LogP) is 3.07. The lowest BCUT2D eigenvalue weighted by molar-refractivity contribution is 0.632. The number of hydrogen-bond acceptors (Lipinski definition) is 4. The van der Waals surface area contributed by atoms with E-state index in [0.29, 0.717) is 6.04 Å². The molecule has 1 saturated heterocycles. The summed E-state index contributed by atoms with van der Waals surface area (Å²) in [5.41, 5.74) is 1.94. The van der Waals surface area contributed by atoms with Gasteiger partial charge in [0.25, 0.3) is 0 Å². The highest BCUT2D eigenvalue weighted by Gasteiger charge is 2.13. The zero-order valence-electron chi connectivity index (χ0n) is 11.1. The summed E-state index contributed by atoms with van der Waals surface area (Å²) < 4.78 is 1.03. The summed E-state index contributed by atoms with van der Waals surface area (Å²) in [7, 11) is 0. The largest absolute Gasteiger partial charge is 0.367 e. The second-order valence-corrected chi connectivity index (χ2v) is 5.81. The highest BCUT2D eigenvalue weighted by atomic mass is 79.9. The molecule has 0 amide bonds. The van der Waals surface area contributed by atoms with E-state index in [2.05, 4.69) is 36.8 Å². The van der Waals surface area contributed by atoms with Crippen LogP contribution in [0, 0.1) is 0 Å². The van der Waals surface area contributed by atoms with Crippen molar-refractivity contribution in [2.75, 3.05) is 18.4 Å². The summed E-state index contributed by atoms with van der Waals surface area (Å²) >= 11 is 3.54. The molecule has 3 rings (SSSR count). The van der Waals surface area contributed by atoms with Gasteiger partial charge < -0.3 is 10.6 Å². The minimum atomic E-state index is 0.555. The fourth-order valence-corrected chi connectivity index (χ4v) is 2.89. The molecule has 2 N–H and O–H groups in total. The van der Waals surface area contributed by atoms with Crippen LogP contribution < -0.4 is 10.6 Å². The second-order valence-electron chi connectivity index (χ2n) is 4.96. The molecule has 0 aliphatic carbocycles. The Morgan fingerprint density at radius 3 is 2.80 bits per heavy atom. The highest BCUT2D eigenvalue weighted by molar-refractivity contribution is 9.10. The van der Waals surface area contributed by atoms with Crippen molar-refractivity contribution in [1.82, 2.24) is 15.5 Å². The summed E-state index contributed by atoms with van der Waals surface area (Å²) in [5, 5.41) is 15.3. The van der Waals surface area contributed by atoms with Gasteiger partial charge in [-0.25, -0.2) is 0 Å². The molecule has 0 bridgehead atoms. The number of anilines is 1. The molecule has 20 heavy (non-hydrogen) atoms. The van der Waals surface area contributed by atoms with Crippen molar-refractivity contribution in [3.63, 3.8) is 0 Å². The zero-order valence-corrected chi connectivity index (χ0v) is 12.7. The van der Waals surface area contributed by atoms with Crippen LogP contribution in [-0.2, 0) is 0 Å². The maximum Gasteiger partial charge on any atom is 0.148 e. The van der Waals surface area contributed by atoms with Gasteiger partial charge in [0.2, 0.25) is 0 Å². The average Bonchev–Trinajstić information content (AvgIpc) is 3.00. The van der Waals surface area contributed by atoms with Gasteiger partial charge in [0.05, 0.1) is 5.69 Å². The highest BCUT2D eigenvalue weighted by Crippen LogP contribution is 2.26. The molecule has 104 valence electrons. The molecule has 1 aliphatic rings. The molecule has 1 aromatic carbocycles. The predicted molar refractivity (Wildman–Crippen MR) is 84.7 cm³/mol. The quantitative estimate of drug-likeness (QED) is 0.903. The maximum atomic E-state index is 4.29. The number of halogens is 1. The van der Waals surface area contributed by atoms with Crippen molar-refractivity contribution < 1.29 is 0 Å². The fourth-order valence-electron chi connectivity index (χ4n) is 2.40. The molecule has 2 heterocycles. The number of nitrogens with zero attached hydrogens (tertiary/aromatic N) is 2. The average molecular weight is 333 g/mol. The molecule has 1 aliphatic heterocycles. The number of rotatable bonds is 4. The van der Waals surface area contributed by atoms with E-state index in [-0.39, 0.29) is 0 Å². The molecule has 0 spiro atoms. The first-order valence-corrected chi connectivity index (χ1v) is 7.68. The van der Waals surface area contributed by atoms with E-state index in [1.807, 2.05) is 36.4 Å². The topological polar surface area (TPSA) is 49.8 Å². The number of aromatic nitrogens is 2. The number of hydrogen-bond donors (Lipinski definition) is 2. The van der Waals surface area contributed by atoms with Crippen LogP contribution in [0.5, 0.6) is 0 Å². The second kappa shape index (κ2) is 6.33. The number of nitrogens with one attached hydrogen (secondary N) is 2. The minimum absolute atomic E-state index is 0.555. The Balaban J connectivity index is 1.66. The Labute approximate surface area is 127 Å². The Bertz CT molecular complexity index is 564. The van der Waals surface area contributed by atoms with Crippen molar-refractivity contribution in [1.29, 1.82) is 0 Å². The van der Waals surface area contributed by atoms with E-state index in [1.54, 1.807) is 0 Å². The Morgan fingerprint density at radius 1 is 1.20 bits per heavy atom. The van der Waals surface area contributed by atoms with Gasteiger partial charge in [0.15, 0.2) is 0 Å².